The van der Waals surface area contributed by atoms with Crippen LogP contribution >= 0.6 is 0 Å². The normalized spacial score (nSPS) is 14.0. The van der Waals surface area contributed by atoms with Crippen molar-refractivity contribution < 1.29 is 19.6 Å². The molecule has 0 saturated heterocycles. The van der Waals surface area contributed by atoms with E-state index in [1.54, 1.807) is 36.4 Å². The van der Waals surface area contributed by atoms with Crippen LogP contribution in [-0.4, -0.2) is 47.6 Å². The molecule has 0 aromatic heterocycles. The van der Waals surface area contributed by atoms with Crippen molar-refractivity contribution in [1.29, 1.82) is 5.39 Å². The van der Waals surface area contributed by atoms with Crippen LogP contribution in [0.1, 0.15) is 47.7 Å². The lowest BCUT2D eigenvalue weighted by Gasteiger charge is -2.26. The molecule has 0 aliphatic heterocycles. The second kappa shape index (κ2) is 12.9. The van der Waals surface area contributed by atoms with Gasteiger partial charge >= 0.3 is 5.08 Å². The number of nitrogens with one attached hydrogen (secondary N) is 5. The summed E-state index contributed by atoms with van der Waals surface area (Å²) in [6.07, 6.45) is 3.47. The van der Waals surface area contributed by atoms with Crippen LogP contribution in [0.2, 0.25) is 0 Å². The molecule has 1 aliphatic carbocycles. The molecular formula is C25H28N7O4+. The highest BCUT2D eigenvalue weighted by Gasteiger charge is 2.30. The van der Waals surface area contributed by atoms with Crippen molar-refractivity contribution in [3.63, 3.8) is 0 Å². The maximum absolute atomic E-state index is 12.5. The molecule has 2 aromatic rings. The Bertz CT molecular complexity index is 1180. The lowest BCUT2D eigenvalue weighted by atomic mass is 9.93. The molecule has 2 atom stereocenters. The second-order valence-corrected chi connectivity index (χ2v) is 8.41. The van der Waals surface area contributed by atoms with Gasteiger partial charge in [0.15, 0.2) is 0 Å². The lowest BCUT2D eigenvalue weighted by molar-refractivity contribution is -0.131. The highest BCUT2D eigenvalue weighted by atomic mass is 16.5. The van der Waals surface area contributed by atoms with E-state index < -0.39 is 23.9 Å². The van der Waals surface area contributed by atoms with Crippen LogP contribution in [0.15, 0.2) is 48.5 Å². The number of diazo groups is 1. The quantitative estimate of drug-likeness (QED) is 0.134. The number of carbonyl (C=O) groups is 3. The SMILES string of the molecule is C[C@@H](N[N+]#N)[C@H](NC(=O)c1ccc(C#Cc2ccc(NC(=O)CNC3CCC3)cc2)cc1)C(=O)NO. The molecule has 1 saturated carbocycles. The second-order valence-electron chi connectivity index (χ2n) is 8.41. The summed E-state index contributed by atoms with van der Waals surface area (Å²) in [6, 6.07) is 12.1. The van der Waals surface area contributed by atoms with E-state index in [1.807, 2.05) is 12.1 Å². The molecule has 0 heterocycles. The molecular weight excluding hydrogens is 462 g/mol. The Balaban J connectivity index is 1.55. The highest BCUT2D eigenvalue weighted by Crippen LogP contribution is 2.17. The summed E-state index contributed by atoms with van der Waals surface area (Å²) < 4.78 is 0. The fraction of sp³-hybridized carbons (Fsp3) is 0.320. The Kier molecular flexibility index (Phi) is 9.34. The average Bonchev–Trinajstić information content (AvgIpc) is 2.85. The molecule has 0 spiro atoms. The van der Waals surface area contributed by atoms with Gasteiger partial charge in [0.25, 0.3) is 17.2 Å². The highest BCUT2D eigenvalue weighted by molar-refractivity contribution is 5.97. The number of hydrogen-bond acceptors (Lipinski definition) is 7. The van der Waals surface area contributed by atoms with Gasteiger partial charge in [0.2, 0.25) is 5.91 Å². The molecule has 186 valence electrons. The zero-order valence-electron chi connectivity index (χ0n) is 19.7. The molecule has 36 heavy (non-hydrogen) atoms. The van der Waals surface area contributed by atoms with Gasteiger partial charge in [0, 0.05) is 28.4 Å². The average molecular weight is 491 g/mol. The molecule has 0 unspecified atom stereocenters. The van der Waals surface area contributed by atoms with Gasteiger partial charge in [-0.3, -0.25) is 19.6 Å². The minimum atomic E-state index is -1.19. The van der Waals surface area contributed by atoms with E-state index in [1.165, 1.54) is 18.8 Å². The molecule has 1 fully saturated rings. The Hall–Kier alpha value is -4.45. The van der Waals surface area contributed by atoms with Crippen LogP contribution in [0.4, 0.5) is 5.69 Å². The van der Waals surface area contributed by atoms with E-state index >= 15 is 0 Å². The smallest absolute Gasteiger partial charge is 0.303 e. The number of carbonyl (C=O) groups excluding carboxylic acids is 3. The van der Waals surface area contributed by atoms with Crippen LogP contribution in [0, 0.1) is 17.2 Å². The van der Waals surface area contributed by atoms with Gasteiger partial charge in [-0.25, -0.2) is 5.48 Å². The van der Waals surface area contributed by atoms with Crippen LogP contribution in [0.3, 0.4) is 0 Å². The summed E-state index contributed by atoms with van der Waals surface area (Å²) in [5.74, 6) is 4.53. The third-order valence-electron chi connectivity index (χ3n) is 5.76. The first-order valence-electron chi connectivity index (χ1n) is 11.5. The summed E-state index contributed by atoms with van der Waals surface area (Å²) in [5.41, 5.74) is 6.11. The first-order valence-corrected chi connectivity index (χ1v) is 11.5. The zero-order valence-corrected chi connectivity index (χ0v) is 19.7. The fourth-order valence-corrected chi connectivity index (χ4v) is 3.42. The maximum Gasteiger partial charge on any atom is 0.303 e. The van der Waals surface area contributed by atoms with Crippen molar-refractivity contribution in [2.45, 2.75) is 44.3 Å². The number of hydrogen-bond donors (Lipinski definition) is 6. The Morgan fingerprint density at radius 3 is 2.19 bits per heavy atom. The molecule has 3 amide bonds. The summed E-state index contributed by atoms with van der Waals surface area (Å²) >= 11 is 0. The van der Waals surface area contributed by atoms with Crippen molar-refractivity contribution in [1.82, 2.24) is 21.5 Å². The predicted octanol–water partition coefficient (Wildman–Crippen LogP) is 1.52. The monoisotopic (exact) mass is 490 g/mol. The van der Waals surface area contributed by atoms with E-state index in [0.717, 1.165) is 18.4 Å². The first kappa shape index (κ1) is 26.2. The lowest BCUT2D eigenvalue weighted by Crippen LogP contribution is -2.55. The van der Waals surface area contributed by atoms with Gasteiger partial charge in [0.05, 0.1) is 6.54 Å². The third kappa shape index (κ3) is 7.53. The van der Waals surface area contributed by atoms with E-state index in [9.17, 15) is 14.4 Å². The van der Waals surface area contributed by atoms with Gasteiger partial charge in [-0.15, -0.1) is 0 Å². The summed E-state index contributed by atoms with van der Waals surface area (Å²) in [4.78, 5) is 36.4. The van der Waals surface area contributed by atoms with E-state index in [2.05, 4.69) is 38.3 Å². The van der Waals surface area contributed by atoms with Crippen LogP contribution in [-0.2, 0) is 9.59 Å². The van der Waals surface area contributed by atoms with Gasteiger partial charge in [-0.05, 0) is 73.7 Å². The Labute approximate surface area is 208 Å². The van der Waals surface area contributed by atoms with Gasteiger partial charge in [0.1, 0.15) is 12.1 Å². The third-order valence-corrected chi connectivity index (χ3v) is 5.76. The summed E-state index contributed by atoms with van der Waals surface area (Å²) in [6.45, 7) is 1.79. The predicted molar refractivity (Wildman–Crippen MR) is 132 cm³/mol. The number of hydroxylamine groups is 1. The van der Waals surface area contributed by atoms with Crippen molar-refractivity contribution in [3.8, 4) is 11.8 Å². The van der Waals surface area contributed by atoms with E-state index in [4.69, 9.17) is 10.6 Å². The number of benzene rings is 2. The largest absolute Gasteiger partial charge is 0.338 e. The van der Waals surface area contributed by atoms with Crippen LogP contribution in [0.25, 0.3) is 5.08 Å². The zero-order chi connectivity index (χ0) is 25.9. The van der Waals surface area contributed by atoms with E-state index in [-0.39, 0.29) is 11.5 Å². The summed E-state index contributed by atoms with van der Waals surface area (Å²) in [5, 5.41) is 28.8. The molecule has 0 radical (unpaired) electrons. The van der Waals surface area contributed by atoms with Gasteiger partial charge < -0.3 is 16.0 Å². The topological polar surface area (TPSA) is 160 Å². The maximum atomic E-state index is 12.5. The van der Waals surface area contributed by atoms with E-state index in [0.29, 0.717) is 23.8 Å². The van der Waals surface area contributed by atoms with Gasteiger partial charge in [-0.1, -0.05) is 18.3 Å². The minimum absolute atomic E-state index is 0.0812. The fourth-order valence-electron chi connectivity index (χ4n) is 3.42. The minimum Gasteiger partial charge on any atom is -0.338 e. The molecule has 0 bridgehead atoms. The molecule has 6 N–H and O–H groups in total. The van der Waals surface area contributed by atoms with Crippen molar-refractivity contribution in [2.75, 3.05) is 11.9 Å². The number of nitrogens with zero attached hydrogens (tertiary/aromatic N) is 2. The number of rotatable bonds is 9. The standard InChI is InChI=1S/C25H27N7O4/c1-16(30-32-26)23(25(35)31-36)29-24(34)19-11-7-17(8-12-19)5-6-18-9-13-21(14-10-18)28-22(33)15-27-20-3-2-4-20/h7-14,16,20,23,27,30H,2-4,15H2,1H3,(H3-,28,29,31,33,34,35,36)/p+1/t16-,23+/m1/s1. The first-order chi connectivity index (χ1) is 17.4. The van der Waals surface area contributed by atoms with Crippen LogP contribution in [0.5, 0.6) is 0 Å². The van der Waals surface area contributed by atoms with Crippen molar-refractivity contribution >= 4 is 23.4 Å². The molecule has 3 rings (SSSR count). The van der Waals surface area contributed by atoms with Gasteiger partial charge in [-0.2, -0.15) is 0 Å². The van der Waals surface area contributed by atoms with Crippen LogP contribution < -0.4 is 26.9 Å². The number of anilines is 1. The van der Waals surface area contributed by atoms with Crippen molar-refractivity contribution in [3.05, 3.63) is 70.3 Å². The molecule has 11 nitrogen and oxygen atoms in total. The Morgan fingerprint density at radius 2 is 1.67 bits per heavy atom. The molecule has 11 heteroatoms. The molecule has 1 aliphatic rings. The Morgan fingerprint density at radius 1 is 1.06 bits per heavy atom. The summed E-state index contributed by atoms with van der Waals surface area (Å²) in [7, 11) is 0. The number of amides is 3. The molecule has 2 aromatic carbocycles. The van der Waals surface area contributed by atoms with Crippen molar-refractivity contribution in [2.24, 2.45) is 0 Å².